The molecule has 0 aliphatic carbocycles. The Hall–Kier alpha value is -3.43. The van der Waals surface area contributed by atoms with Crippen LogP contribution in [0, 0.1) is 0 Å². The van der Waals surface area contributed by atoms with Crippen LogP contribution in [0.3, 0.4) is 0 Å². The van der Waals surface area contributed by atoms with Crippen LogP contribution in [-0.4, -0.2) is 36.4 Å². The minimum atomic E-state index is -0.577. The van der Waals surface area contributed by atoms with Crippen molar-refractivity contribution in [2.75, 3.05) is 18.6 Å². The van der Waals surface area contributed by atoms with Crippen LogP contribution in [0.25, 0.3) is 0 Å². The van der Waals surface area contributed by atoms with E-state index in [4.69, 9.17) is 25.8 Å². The van der Waals surface area contributed by atoms with Gasteiger partial charge < -0.3 is 14.2 Å². The zero-order valence-corrected chi connectivity index (χ0v) is 19.6. The van der Waals surface area contributed by atoms with E-state index in [0.29, 0.717) is 40.4 Å². The van der Waals surface area contributed by atoms with E-state index in [-0.39, 0.29) is 23.7 Å². The number of halogens is 1. The molecule has 8 nitrogen and oxygen atoms in total. The van der Waals surface area contributed by atoms with Crippen molar-refractivity contribution in [3.63, 3.8) is 0 Å². The molecule has 0 bridgehead atoms. The van der Waals surface area contributed by atoms with Crippen LogP contribution in [0.2, 0.25) is 5.02 Å². The first kappa shape index (κ1) is 24.2. The smallest absolute Gasteiger partial charge is 0.345 e. The number of nitrogens with zero attached hydrogens (tertiary/aromatic N) is 2. The highest BCUT2D eigenvalue weighted by Gasteiger charge is 2.15. The average molecular weight is 488 g/mol. The lowest BCUT2D eigenvalue weighted by Gasteiger charge is -2.11. The average Bonchev–Trinajstić information content (AvgIpc) is 3.23. The van der Waals surface area contributed by atoms with Gasteiger partial charge in [-0.3, -0.25) is 10.2 Å². The Labute approximate surface area is 200 Å². The third kappa shape index (κ3) is 7.03. The third-order valence-corrected chi connectivity index (χ3v) is 5.25. The molecule has 1 heterocycles. The molecule has 10 heteroatoms. The lowest BCUT2D eigenvalue weighted by atomic mass is 10.2. The molecule has 0 saturated carbocycles. The molecule has 33 heavy (non-hydrogen) atoms. The standard InChI is InChI=1S/C23H22ClN3O5S/c1-3-30-20-11-15(9-10-19(20)32-22(29)17-7-5-6-8-18(17)24)13-25-27-23-26-16(14-33-23)12-21(28)31-4-2/h5-11,13-14H,3-4,12H2,1-2H3,(H,26,27). The van der Waals surface area contributed by atoms with E-state index >= 15 is 0 Å². The van der Waals surface area contributed by atoms with Crippen LogP contribution in [-0.2, 0) is 16.0 Å². The second-order valence-electron chi connectivity index (χ2n) is 6.50. The molecular weight excluding hydrogens is 466 g/mol. The highest BCUT2D eigenvalue weighted by molar-refractivity contribution is 7.13. The summed E-state index contributed by atoms with van der Waals surface area (Å²) in [6.45, 7) is 4.31. The van der Waals surface area contributed by atoms with Crippen LogP contribution in [0.5, 0.6) is 11.5 Å². The van der Waals surface area contributed by atoms with Gasteiger partial charge in [-0.2, -0.15) is 5.10 Å². The van der Waals surface area contributed by atoms with Crippen molar-refractivity contribution in [2.45, 2.75) is 20.3 Å². The van der Waals surface area contributed by atoms with E-state index < -0.39 is 5.97 Å². The van der Waals surface area contributed by atoms with Crippen LogP contribution in [0.15, 0.2) is 52.9 Å². The zero-order chi connectivity index (χ0) is 23.6. The molecule has 0 unspecified atom stereocenters. The highest BCUT2D eigenvalue weighted by atomic mass is 35.5. The summed E-state index contributed by atoms with van der Waals surface area (Å²) in [5.41, 5.74) is 4.42. The Morgan fingerprint density at radius 3 is 2.73 bits per heavy atom. The molecule has 0 aliphatic heterocycles. The quantitative estimate of drug-likeness (QED) is 0.186. The summed E-state index contributed by atoms with van der Waals surface area (Å²) in [4.78, 5) is 28.3. The van der Waals surface area contributed by atoms with Crippen LogP contribution >= 0.6 is 22.9 Å². The van der Waals surface area contributed by atoms with Crippen molar-refractivity contribution < 1.29 is 23.8 Å². The van der Waals surface area contributed by atoms with Gasteiger partial charge >= 0.3 is 11.9 Å². The molecule has 0 atom stereocenters. The Morgan fingerprint density at radius 2 is 1.97 bits per heavy atom. The topological polar surface area (TPSA) is 99.1 Å². The first-order chi connectivity index (χ1) is 16.0. The fourth-order valence-corrected chi connectivity index (χ4v) is 3.57. The maximum Gasteiger partial charge on any atom is 0.345 e. The van der Waals surface area contributed by atoms with Gasteiger partial charge in [-0.25, -0.2) is 9.78 Å². The monoisotopic (exact) mass is 487 g/mol. The molecule has 0 spiro atoms. The van der Waals surface area contributed by atoms with E-state index in [2.05, 4.69) is 15.5 Å². The molecule has 1 aromatic heterocycles. The van der Waals surface area contributed by atoms with Gasteiger partial charge in [0, 0.05) is 5.38 Å². The van der Waals surface area contributed by atoms with Crippen LogP contribution in [0.4, 0.5) is 5.13 Å². The number of hydrogen-bond acceptors (Lipinski definition) is 9. The zero-order valence-electron chi connectivity index (χ0n) is 18.0. The van der Waals surface area contributed by atoms with Gasteiger partial charge in [-0.1, -0.05) is 23.7 Å². The number of thiazole rings is 1. The van der Waals surface area contributed by atoms with Crippen LogP contribution in [0.1, 0.15) is 35.5 Å². The summed E-state index contributed by atoms with van der Waals surface area (Å²) in [5.74, 6) is -0.230. The molecule has 0 fully saturated rings. The second kappa shape index (κ2) is 12.0. The van der Waals surface area contributed by atoms with Crippen molar-refractivity contribution in [3.8, 4) is 11.5 Å². The van der Waals surface area contributed by atoms with Gasteiger partial charge in [0.1, 0.15) is 0 Å². The number of esters is 2. The van der Waals surface area contributed by atoms with Gasteiger partial charge in [0.15, 0.2) is 11.5 Å². The molecule has 0 saturated heterocycles. The Kier molecular flexibility index (Phi) is 8.79. The van der Waals surface area contributed by atoms with E-state index in [1.807, 2.05) is 6.92 Å². The molecule has 3 rings (SSSR count). The molecule has 1 N–H and O–H groups in total. The summed E-state index contributed by atoms with van der Waals surface area (Å²) < 4.78 is 16.0. The fourth-order valence-electron chi connectivity index (χ4n) is 2.70. The van der Waals surface area contributed by atoms with Crippen molar-refractivity contribution in [3.05, 3.63) is 69.7 Å². The molecule has 172 valence electrons. The number of carbonyl (C=O) groups excluding carboxylic acids is 2. The second-order valence-corrected chi connectivity index (χ2v) is 7.77. The van der Waals surface area contributed by atoms with E-state index in [0.717, 1.165) is 0 Å². The molecule has 0 radical (unpaired) electrons. The summed E-state index contributed by atoms with van der Waals surface area (Å²) in [6, 6.07) is 11.7. The predicted octanol–water partition coefficient (Wildman–Crippen LogP) is 4.97. The number of aromatic nitrogens is 1. The van der Waals surface area contributed by atoms with Crippen molar-refractivity contribution in [2.24, 2.45) is 5.10 Å². The number of hydrogen-bond donors (Lipinski definition) is 1. The minimum absolute atomic E-state index is 0.113. The summed E-state index contributed by atoms with van der Waals surface area (Å²) in [7, 11) is 0. The molecule has 2 aromatic carbocycles. The number of benzene rings is 2. The minimum Gasteiger partial charge on any atom is -0.490 e. The van der Waals surface area contributed by atoms with Gasteiger partial charge in [-0.05, 0) is 49.7 Å². The van der Waals surface area contributed by atoms with Crippen molar-refractivity contribution >= 4 is 46.2 Å². The fraction of sp³-hybridized carbons (Fsp3) is 0.217. The van der Waals surface area contributed by atoms with Gasteiger partial charge in [0.25, 0.3) is 0 Å². The summed E-state index contributed by atoms with van der Waals surface area (Å²) in [6.07, 6.45) is 1.69. The Bertz CT molecular complexity index is 1150. The molecular formula is C23H22ClN3O5S. The largest absolute Gasteiger partial charge is 0.490 e. The number of anilines is 1. The van der Waals surface area contributed by atoms with E-state index in [1.165, 1.54) is 11.3 Å². The molecule has 3 aromatic rings. The van der Waals surface area contributed by atoms with E-state index in [1.54, 1.807) is 61.0 Å². The van der Waals surface area contributed by atoms with Gasteiger partial charge in [-0.15, -0.1) is 11.3 Å². The predicted molar refractivity (Wildman–Crippen MR) is 128 cm³/mol. The summed E-state index contributed by atoms with van der Waals surface area (Å²) in [5, 5.41) is 6.79. The highest BCUT2D eigenvalue weighted by Crippen LogP contribution is 2.29. The maximum atomic E-state index is 12.5. The normalized spacial score (nSPS) is 10.8. The van der Waals surface area contributed by atoms with Crippen molar-refractivity contribution in [1.82, 2.24) is 4.98 Å². The lowest BCUT2D eigenvalue weighted by molar-refractivity contribution is -0.142. The maximum absolute atomic E-state index is 12.5. The van der Waals surface area contributed by atoms with Gasteiger partial charge in [0.2, 0.25) is 5.13 Å². The van der Waals surface area contributed by atoms with Gasteiger partial charge in [0.05, 0.1) is 42.1 Å². The SMILES string of the molecule is CCOC(=O)Cc1csc(NN=Cc2ccc(OC(=O)c3ccccc3Cl)c(OCC)c2)n1. The summed E-state index contributed by atoms with van der Waals surface area (Å²) >= 11 is 7.40. The molecule has 0 aliphatic rings. The van der Waals surface area contributed by atoms with Crippen LogP contribution < -0.4 is 14.9 Å². The number of ether oxygens (including phenoxy) is 3. The lowest BCUT2D eigenvalue weighted by Crippen LogP contribution is -2.10. The Balaban J connectivity index is 1.66. The third-order valence-electron chi connectivity index (χ3n) is 4.12. The number of hydrazone groups is 1. The number of rotatable bonds is 10. The first-order valence-electron chi connectivity index (χ1n) is 10.1. The van der Waals surface area contributed by atoms with E-state index in [9.17, 15) is 9.59 Å². The number of nitrogens with one attached hydrogen (secondary N) is 1. The molecule has 0 amide bonds. The van der Waals surface area contributed by atoms with Crippen molar-refractivity contribution in [1.29, 1.82) is 0 Å². The number of carbonyl (C=O) groups is 2. The Morgan fingerprint density at radius 1 is 1.15 bits per heavy atom. The first-order valence-corrected chi connectivity index (χ1v) is 11.4.